The molecular formula is C21H24ClFN2O3S. The molecule has 2 aromatic rings. The number of hydrogen-bond donors (Lipinski definition) is 1. The van der Waals surface area contributed by atoms with Crippen molar-refractivity contribution < 1.29 is 18.7 Å². The first-order valence-corrected chi connectivity index (χ1v) is 10.7. The summed E-state index contributed by atoms with van der Waals surface area (Å²) in [5.41, 5.74) is -0.529. The average molecular weight is 439 g/mol. The van der Waals surface area contributed by atoms with Gasteiger partial charge in [-0.1, -0.05) is 24.6 Å². The van der Waals surface area contributed by atoms with E-state index in [9.17, 15) is 9.59 Å². The summed E-state index contributed by atoms with van der Waals surface area (Å²) in [6, 6.07) is 5.52. The molecule has 29 heavy (non-hydrogen) atoms. The number of alkyl carbamates (subject to hydrolysis) is 1. The first kappa shape index (κ1) is 23.2. The molecule has 0 aliphatic heterocycles. The summed E-state index contributed by atoms with van der Waals surface area (Å²) in [6.07, 6.45) is 3.00. The van der Waals surface area contributed by atoms with Crippen molar-refractivity contribution in [2.75, 3.05) is 6.26 Å². The van der Waals surface area contributed by atoms with Crippen molar-refractivity contribution in [1.29, 1.82) is 0 Å². The number of ketones is 1. The first-order chi connectivity index (χ1) is 13.6. The molecule has 0 aliphatic carbocycles. The van der Waals surface area contributed by atoms with E-state index in [0.29, 0.717) is 6.42 Å². The first-order valence-electron chi connectivity index (χ1n) is 9.09. The summed E-state index contributed by atoms with van der Waals surface area (Å²) in [5, 5.41) is 3.39. The van der Waals surface area contributed by atoms with Crippen LogP contribution >= 0.6 is 23.4 Å². The fourth-order valence-electron chi connectivity index (χ4n) is 2.68. The number of carbonyl (C=O) groups is 2. The van der Waals surface area contributed by atoms with E-state index in [1.807, 2.05) is 6.26 Å². The number of pyridine rings is 1. The maximum Gasteiger partial charge on any atom is 0.408 e. The SMILES string of the molecule is CC[C@@H](NC(=O)OC(C)(C)C)c1ccc(Cl)c(C(=O)c2ccc(SC)nc2)c1F. The average Bonchev–Trinajstić information content (AvgIpc) is 2.65. The van der Waals surface area contributed by atoms with E-state index < -0.39 is 29.3 Å². The van der Waals surface area contributed by atoms with Crippen molar-refractivity contribution in [3.05, 3.63) is 58.0 Å². The zero-order valence-electron chi connectivity index (χ0n) is 17.0. The number of thioether (sulfide) groups is 1. The van der Waals surface area contributed by atoms with Gasteiger partial charge in [-0.15, -0.1) is 11.8 Å². The molecule has 0 unspecified atom stereocenters. The van der Waals surface area contributed by atoms with Crippen LogP contribution in [0.15, 0.2) is 35.5 Å². The van der Waals surface area contributed by atoms with E-state index in [1.165, 1.54) is 30.1 Å². The lowest BCUT2D eigenvalue weighted by molar-refractivity contribution is 0.0501. The highest BCUT2D eigenvalue weighted by atomic mass is 35.5. The third kappa shape index (κ3) is 5.93. The topological polar surface area (TPSA) is 68.3 Å². The highest BCUT2D eigenvalue weighted by Gasteiger charge is 2.26. The molecule has 2 rings (SSSR count). The summed E-state index contributed by atoms with van der Waals surface area (Å²) in [6.45, 7) is 7.01. The Kier molecular flexibility index (Phi) is 7.66. The molecule has 0 saturated carbocycles. The van der Waals surface area contributed by atoms with Crippen LogP contribution in [0.5, 0.6) is 0 Å². The van der Waals surface area contributed by atoms with Crippen molar-refractivity contribution in [2.24, 2.45) is 0 Å². The predicted octanol–water partition coefficient (Wildman–Crippen LogP) is 5.80. The number of halogens is 2. The summed E-state index contributed by atoms with van der Waals surface area (Å²) in [7, 11) is 0. The molecule has 0 fully saturated rings. The number of carbonyl (C=O) groups excluding carboxylic acids is 2. The number of nitrogens with one attached hydrogen (secondary N) is 1. The normalized spacial score (nSPS) is 12.4. The van der Waals surface area contributed by atoms with E-state index in [0.717, 1.165) is 5.03 Å². The Bertz CT molecular complexity index is 898. The molecule has 1 N–H and O–H groups in total. The van der Waals surface area contributed by atoms with E-state index >= 15 is 4.39 Å². The van der Waals surface area contributed by atoms with Gasteiger partial charge in [0.25, 0.3) is 0 Å². The highest BCUT2D eigenvalue weighted by Crippen LogP contribution is 2.30. The Balaban J connectivity index is 2.37. The molecule has 8 heteroatoms. The van der Waals surface area contributed by atoms with Gasteiger partial charge < -0.3 is 10.1 Å². The van der Waals surface area contributed by atoms with Gasteiger partial charge >= 0.3 is 6.09 Å². The van der Waals surface area contributed by atoms with Crippen LogP contribution in [0, 0.1) is 5.82 Å². The number of amides is 1. The molecule has 1 heterocycles. The van der Waals surface area contributed by atoms with E-state index in [2.05, 4.69) is 10.3 Å². The minimum absolute atomic E-state index is 0.00249. The zero-order valence-corrected chi connectivity index (χ0v) is 18.6. The number of nitrogens with zero attached hydrogens (tertiary/aromatic N) is 1. The van der Waals surface area contributed by atoms with Gasteiger partial charge in [-0.2, -0.15) is 0 Å². The van der Waals surface area contributed by atoms with Crippen LogP contribution in [0.3, 0.4) is 0 Å². The van der Waals surface area contributed by atoms with E-state index in [1.54, 1.807) is 39.8 Å². The molecule has 5 nitrogen and oxygen atoms in total. The maximum atomic E-state index is 15.3. The Hall–Kier alpha value is -2.12. The minimum Gasteiger partial charge on any atom is -0.444 e. The molecule has 0 spiro atoms. The second kappa shape index (κ2) is 9.59. The summed E-state index contributed by atoms with van der Waals surface area (Å²) < 4.78 is 20.6. The Morgan fingerprint density at radius 2 is 1.97 bits per heavy atom. The smallest absolute Gasteiger partial charge is 0.408 e. The van der Waals surface area contributed by atoms with Gasteiger partial charge in [0.15, 0.2) is 5.78 Å². The monoisotopic (exact) mass is 438 g/mol. The third-order valence-electron chi connectivity index (χ3n) is 4.03. The molecule has 1 atom stereocenters. The van der Waals surface area contributed by atoms with Crippen LogP contribution < -0.4 is 5.32 Å². The maximum absolute atomic E-state index is 15.3. The fourth-order valence-corrected chi connectivity index (χ4v) is 3.27. The molecular weight excluding hydrogens is 415 g/mol. The van der Waals surface area contributed by atoms with Crippen molar-refractivity contribution in [1.82, 2.24) is 10.3 Å². The summed E-state index contributed by atoms with van der Waals surface area (Å²) in [5.74, 6) is -1.33. The van der Waals surface area contributed by atoms with Crippen molar-refractivity contribution in [3.63, 3.8) is 0 Å². The van der Waals surface area contributed by atoms with Crippen molar-refractivity contribution in [3.8, 4) is 0 Å². The lowest BCUT2D eigenvalue weighted by atomic mass is 9.97. The van der Waals surface area contributed by atoms with Gasteiger partial charge in [0, 0.05) is 17.3 Å². The van der Waals surface area contributed by atoms with Gasteiger partial charge in [0.2, 0.25) is 0 Å². The number of ether oxygens (including phenoxy) is 1. The Morgan fingerprint density at radius 1 is 1.28 bits per heavy atom. The van der Waals surface area contributed by atoms with E-state index in [-0.39, 0.29) is 21.7 Å². The number of aromatic nitrogens is 1. The van der Waals surface area contributed by atoms with Crippen molar-refractivity contribution >= 4 is 35.2 Å². The predicted molar refractivity (Wildman–Crippen MR) is 113 cm³/mol. The quantitative estimate of drug-likeness (QED) is 0.455. The molecule has 0 bridgehead atoms. The number of rotatable bonds is 6. The highest BCUT2D eigenvalue weighted by molar-refractivity contribution is 7.98. The van der Waals surface area contributed by atoms with Gasteiger partial charge in [-0.05, 0) is 51.6 Å². The lowest BCUT2D eigenvalue weighted by Gasteiger charge is -2.24. The molecule has 0 aliphatic rings. The van der Waals surface area contributed by atoms with Gasteiger partial charge in [-0.3, -0.25) is 4.79 Å². The summed E-state index contributed by atoms with van der Waals surface area (Å²) >= 11 is 7.58. The number of benzene rings is 1. The second-order valence-corrected chi connectivity index (χ2v) is 8.58. The summed E-state index contributed by atoms with van der Waals surface area (Å²) in [4.78, 5) is 29.2. The van der Waals surface area contributed by atoms with Crippen LogP contribution in [-0.4, -0.2) is 28.7 Å². The zero-order chi connectivity index (χ0) is 21.8. The van der Waals surface area contributed by atoms with Gasteiger partial charge in [-0.25, -0.2) is 14.2 Å². The molecule has 0 radical (unpaired) electrons. The van der Waals surface area contributed by atoms with Crippen LogP contribution in [0.4, 0.5) is 9.18 Å². The molecule has 156 valence electrons. The van der Waals surface area contributed by atoms with E-state index in [4.69, 9.17) is 16.3 Å². The van der Waals surface area contributed by atoms with Gasteiger partial charge in [0.1, 0.15) is 11.4 Å². The van der Waals surface area contributed by atoms with Gasteiger partial charge in [0.05, 0.1) is 21.7 Å². The Labute approximate surface area is 179 Å². The molecule has 1 aromatic heterocycles. The Morgan fingerprint density at radius 3 is 2.48 bits per heavy atom. The van der Waals surface area contributed by atoms with Crippen LogP contribution in [0.2, 0.25) is 5.02 Å². The largest absolute Gasteiger partial charge is 0.444 e. The van der Waals surface area contributed by atoms with Crippen LogP contribution in [0.1, 0.15) is 61.6 Å². The third-order valence-corrected chi connectivity index (χ3v) is 5.01. The molecule has 1 amide bonds. The van der Waals surface area contributed by atoms with Crippen LogP contribution in [-0.2, 0) is 4.74 Å². The van der Waals surface area contributed by atoms with Crippen LogP contribution in [0.25, 0.3) is 0 Å². The molecule has 1 aromatic carbocycles. The fraction of sp³-hybridized carbons (Fsp3) is 0.381. The van der Waals surface area contributed by atoms with Crippen molar-refractivity contribution in [2.45, 2.75) is 50.8 Å². The number of hydrogen-bond acceptors (Lipinski definition) is 5. The minimum atomic E-state index is -0.764. The second-order valence-electron chi connectivity index (χ2n) is 7.35. The lowest BCUT2D eigenvalue weighted by Crippen LogP contribution is -2.35. The molecule has 0 saturated heterocycles. The standard InChI is InChI=1S/C21H24ClFN2O3S/c1-6-15(25-20(27)28-21(2,3)4)13-8-9-14(22)17(18(13)23)19(26)12-7-10-16(29-5)24-11-12/h7-11,15H,6H2,1-5H3,(H,25,27)/t15-/m1/s1.